The van der Waals surface area contributed by atoms with Gasteiger partial charge < -0.3 is 5.32 Å². The van der Waals surface area contributed by atoms with Gasteiger partial charge in [0, 0.05) is 0 Å². The van der Waals surface area contributed by atoms with Crippen LogP contribution in [0.2, 0.25) is 5.15 Å². The van der Waals surface area contributed by atoms with Crippen molar-refractivity contribution in [3.8, 4) is 0 Å². The van der Waals surface area contributed by atoms with Crippen molar-refractivity contribution in [3.63, 3.8) is 0 Å². The summed E-state index contributed by atoms with van der Waals surface area (Å²) in [6, 6.07) is 0. The number of aromatic nitrogens is 6. The molecule has 1 amide bonds. The number of hydrogen-bond donors (Lipinski definition) is 2. The number of rotatable bonds is 3. The minimum atomic E-state index is -0.381. The minimum absolute atomic E-state index is 0.166. The second-order valence-electron chi connectivity index (χ2n) is 2.74. The summed E-state index contributed by atoms with van der Waals surface area (Å²) in [5, 5.41) is 15.8. The highest BCUT2D eigenvalue weighted by atomic mass is 35.5. The molecule has 0 bridgehead atoms. The molecule has 0 saturated carbocycles. The van der Waals surface area contributed by atoms with Crippen LogP contribution in [0.4, 0.5) is 0 Å². The molecule has 16 heavy (non-hydrogen) atoms. The Morgan fingerprint density at radius 3 is 2.94 bits per heavy atom. The fourth-order valence-electron chi connectivity index (χ4n) is 0.937. The highest BCUT2D eigenvalue weighted by Gasteiger charge is 2.08. The Kier molecular flexibility index (Phi) is 3.01. The predicted octanol–water partition coefficient (Wildman–Crippen LogP) is -0.427. The van der Waals surface area contributed by atoms with Crippen molar-refractivity contribution < 1.29 is 4.79 Å². The zero-order chi connectivity index (χ0) is 11.4. The zero-order valence-corrected chi connectivity index (χ0v) is 8.64. The van der Waals surface area contributed by atoms with E-state index in [-0.39, 0.29) is 23.3 Å². The van der Waals surface area contributed by atoms with E-state index >= 15 is 0 Å². The number of nitrogens with one attached hydrogen (secondary N) is 2. The second kappa shape index (κ2) is 4.62. The Bertz CT molecular complexity index is 468. The van der Waals surface area contributed by atoms with Crippen molar-refractivity contribution in [1.82, 2.24) is 35.9 Å². The van der Waals surface area contributed by atoms with Crippen LogP contribution in [-0.2, 0) is 6.54 Å². The first-order valence-corrected chi connectivity index (χ1v) is 4.61. The number of nitrogens with zero attached hydrogens (tertiary/aromatic N) is 5. The first kappa shape index (κ1) is 10.4. The van der Waals surface area contributed by atoms with Crippen LogP contribution >= 0.6 is 11.6 Å². The Morgan fingerprint density at radius 1 is 1.44 bits per heavy atom. The third kappa shape index (κ3) is 2.48. The van der Waals surface area contributed by atoms with E-state index in [9.17, 15) is 4.79 Å². The summed E-state index contributed by atoms with van der Waals surface area (Å²) in [5.41, 5.74) is 0.174. The maximum atomic E-state index is 11.5. The molecule has 0 spiro atoms. The molecule has 0 aromatic carbocycles. The molecule has 0 aliphatic heterocycles. The average Bonchev–Trinajstić information content (AvgIpc) is 2.80. The average molecular weight is 240 g/mol. The van der Waals surface area contributed by atoms with Gasteiger partial charge in [-0.2, -0.15) is 5.21 Å². The Labute approximate surface area is 94.4 Å². The molecule has 0 saturated heterocycles. The largest absolute Gasteiger partial charge is 0.343 e. The van der Waals surface area contributed by atoms with Gasteiger partial charge in [-0.3, -0.25) is 4.79 Å². The highest BCUT2D eigenvalue weighted by Crippen LogP contribution is 2.01. The highest BCUT2D eigenvalue weighted by molar-refractivity contribution is 6.29. The fraction of sp³-hybridized carbons (Fsp3) is 0.143. The van der Waals surface area contributed by atoms with E-state index in [1.165, 1.54) is 12.4 Å². The molecule has 0 aliphatic carbocycles. The van der Waals surface area contributed by atoms with Crippen LogP contribution in [0.25, 0.3) is 0 Å². The molecule has 2 heterocycles. The number of carbonyl (C=O) groups is 1. The van der Waals surface area contributed by atoms with Gasteiger partial charge in [-0.15, -0.1) is 10.2 Å². The lowest BCUT2D eigenvalue weighted by molar-refractivity contribution is 0.0944. The number of H-pyrrole nitrogens is 1. The SMILES string of the molecule is O=C(NCc1nn[nH]n1)c1cnc(Cl)cn1. The molecule has 0 unspecified atom stereocenters. The van der Waals surface area contributed by atoms with Gasteiger partial charge in [0.2, 0.25) is 0 Å². The Hall–Kier alpha value is -2.09. The summed E-state index contributed by atoms with van der Waals surface area (Å²) >= 11 is 5.54. The third-order valence-corrected chi connectivity index (χ3v) is 1.84. The van der Waals surface area contributed by atoms with Crippen molar-refractivity contribution in [2.24, 2.45) is 0 Å². The summed E-state index contributed by atoms with van der Waals surface area (Å²) in [4.78, 5) is 19.1. The zero-order valence-electron chi connectivity index (χ0n) is 7.88. The van der Waals surface area contributed by atoms with E-state index < -0.39 is 0 Å². The van der Waals surface area contributed by atoms with E-state index in [4.69, 9.17) is 11.6 Å². The van der Waals surface area contributed by atoms with Crippen molar-refractivity contribution in [2.75, 3.05) is 0 Å². The van der Waals surface area contributed by atoms with Gasteiger partial charge in [-0.05, 0) is 0 Å². The lowest BCUT2D eigenvalue weighted by Crippen LogP contribution is -2.24. The summed E-state index contributed by atoms with van der Waals surface area (Å²) in [5.74, 6) is 0.00393. The third-order valence-electron chi connectivity index (χ3n) is 1.65. The molecule has 0 aliphatic rings. The summed E-state index contributed by atoms with van der Waals surface area (Å²) in [6.45, 7) is 0.166. The molecule has 82 valence electrons. The maximum absolute atomic E-state index is 11.5. The molecule has 2 aromatic heterocycles. The monoisotopic (exact) mass is 239 g/mol. The Balaban J connectivity index is 1.95. The van der Waals surface area contributed by atoms with Crippen LogP contribution < -0.4 is 5.32 Å². The molecule has 2 aromatic rings. The van der Waals surface area contributed by atoms with Crippen molar-refractivity contribution in [2.45, 2.75) is 6.54 Å². The van der Waals surface area contributed by atoms with Gasteiger partial charge in [0.15, 0.2) is 5.82 Å². The molecular formula is C7H6ClN7O. The number of halogens is 1. The van der Waals surface area contributed by atoms with Crippen LogP contribution in [0.3, 0.4) is 0 Å². The summed E-state index contributed by atoms with van der Waals surface area (Å²) in [6.07, 6.45) is 2.58. The van der Waals surface area contributed by atoms with Crippen LogP contribution in [0.5, 0.6) is 0 Å². The van der Waals surface area contributed by atoms with Crippen molar-refractivity contribution in [1.29, 1.82) is 0 Å². The molecular weight excluding hydrogens is 234 g/mol. The standard InChI is InChI=1S/C7H6ClN7O/c8-5-2-9-4(1-10-5)7(16)11-3-6-12-14-15-13-6/h1-2H,3H2,(H,11,16)(H,12,13,14,15). The topological polar surface area (TPSA) is 109 Å². The van der Waals surface area contributed by atoms with Gasteiger partial charge in [0.05, 0.1) is 18.9 Å². The summed E-state index contributed by atoms with van der Waals surface area (Å²) in [7, 11) is 0. The van der Waals surface area contributed by atoms with Gasteiger partial charge in [0.1, 0.15) is 10.8 Å². The maximum Gasteiger partial charge on any atom is 0.271 e. The van der Waals surface area contributed by atoms with Crippen LogP contribution in [0.1, 0.15) is 16.3 Å². The quantitative estimate of drug-likeness (QED) is 0.752. The molecule has 0 fully saturated rings. The van der Waals surface area contributed by atoms with E-state index in [2.05, 4.69) is 35.9 Å². The predicted molar refractivity (Wildman–Crippen MR) is 52.4 cm³/mol. The molecule has 0 atom stereocenters. The molecule has 8 nitrogen and oxygen atoms in total. The molecule has 2 N–H and O–H groups in total. The summed E-state index contributed by atoms with van der Waals surface area (Å²) < 4.78 is 0. The van der Waals surface area contributed by atoms with Crippen molar-refractivity contribution >= 4 is 17.5 Å². The van der Waals surface area contributed by atoms with Crippen molar-refractivity contribution in [3.05, 3.63) is 29.1 Å². The van der Waals surface area contributed by atoms with Gasteiger partial charge in [-0.25, -0.2) is 9.97 Å². The molecule has 2 rings (SSSR count). The van der Waals surface area contributed by atoms with Gasteiger partial charge in [-0.1, -0.05) is 16.8 Å². The lowest BCUT2D eigenvalue weighted by Gasteiger charge is -2.00. The van der Waals surface area contributed by atoms with E-state index in [1.807, 2.05) is 0 Å². The van der Waals surface area contributed by atoms with Crippen LogP contribution in [0.15, 0.2) is 12.4 Å². The molecule has 9 heteroatoms. The van der Waals surface area contributed by atoms with E-state index in [0.717, 1.165) is 0 Å². The first-order chi connectivity index (χ1) is 7.75. The normalized spacial score (nSPS) is 10.1. The number of tetrazole rings is 1. The van der Waals surface area contributed by atoms with E-state index in [0.29, 0.717) is 5.82 Å². The second-order valence-corrected chi connectivity index (χ2v) is 3.12. The van der Waals surface area contributed by atoms with Gasteiger partial charge in [0.25, 0.3) is 5.91 Å². The number of hydrogen-bond acceptors (Lipinski definition) is 6. The minimum Gasteiger partial charge on any atom is -0.343 e. The smallest absolute Gasteiger partial charge is 0.271 e. The lowest BCUT2D eigenvalue weighted by atomic mass is 10.4. The van der Waals surface area contributed by atoms with Gasteiger partial charge >= 0.3 is 0 Å². The van der Waals surface area contributed by atoms with Crippen LogP contribution in [-0.4, -0.2) is 36.5 Å². The van der Waals surface area contributed by atoms with Crippen LogP contribution in [0, 0.1) is 0 Å². The number of amides is 1. The number of aromatic amines is 1. The fourth-order valence-corrected chi connectivity index (χ4v) is 1.03. The number of carbonyl (C=O) groups excluding carboxylic acids is 1. The first-order valence-electron chi connectivity index (χ1n) is 4.24. The van der Waals surface area contributed by atoms with E-state index in [1.54, 1.807) is 0 Å². The molecule has 0 radical (unpaired) electrons. The Morgan fingerprint density at radius 2 is 2.31 bits per heavy atom.